The van der Waals surface area contributed by atoms with Crippen molar-refractivity contribution < 1.29 is 9.59 Å². The van der Waals surface area contributed by atoms with Gasteiger partial charge in [-0.3, -0.25) is 9.59 Å². The molecule has 0 spiro atoms. The molecular formula is C16H23BrClN3O2. The minimum atomic E-state index is -0.0897. The molecule has 1 aliphatic rings. The summed E-state index contributed by atoms with van der Waals surface area (Å²) < 4.78 is 0.996. The molecule has 5 nitrogen and oxygen atoms in total. The first-order valence-electron chi connectivity index (χ1n) is 7.56. The molecule has 0 aromatic heterocycles. The maximum Gasteiger partial charge on any atom is 0.237 e. The second kappa shape index (κ2) is 9.90. The lowest BCUT2D eigenvalue weighted by atomic mass is 10.2. The van der Waals surface area contributed by atoms with Gasteiger partial charge in [0.15, 0.2) is 0 Å². The molecule has 23 heavy (non-hydrogen) atoms. The van der Waals surface area contributed by atoms with Gasteiger partial charge >= 0.3 is 0 Å². The molecule has 1 atom stereocenters. The van der Waals surface area contributed by atoms with Crippen LogP contribution in [0.15, 0.2) is 28.7 Å². The molecule has 2 amide bonds. The van der Waals surface area contributed by atoms with Gasteiger partial charge in [-0.1, -0.05) is 34.1 Å². The number of carbonyl (C=O) groups excluding carboxylic acids is 2. The Morgan fingerprint density at radius 2 is 2.13 bits per heavy atom. The Morgan fingerprint density at radius 3 is 2.78 bits per heavy atom. The number of carbonyl (C=O) groups is 2. The Balaban J connectivity index is 0.00000264. The molecule has 1 unspecified atom stereocenters. The van der Waals surface area contributed by atoms with E-state index in [1.807, 2.05) is 24.3 Å². The molecule has 1 saturated heterocycles. The molecule has 2 rings (SSSR count). The van der Waals surface area contributed by atoms with E-state index in [1.165, 1.54) is 0 Å². The number of nitrogens with zero attached hydrogens (tertiary/aromatic N) is 1. The number of benzene rings is 1. The fourth-order valence-electron chi connectivity index (χ4n) is 2.49. The van der Waals surface area contributed by atoms with Gasteiger partial charge in [0.25, 0.3) is 0 Å². The highest BCUT2D eigenvalue weighted by Gasteiger charge is 2.21. The maximum absolute atomic E-state index is 12.1. The van der Waals surface area contributed by atoms with Gasteiger partial charge in [-0.25, -0.2) is 0 Å². The molecule has 0 saturated carbocycles. The smallest absolute Gasteiger partial charge is 0.237 e. The van der Waals surface area contributed by atoms with Crippen LogP contribution < -0.4 is 10.6 Å². The molecule has 0 radical (unpaired) electrons. The first-order valence-corrected chi connectivity index (χ1v) is 8.35. The highest BCUT2D eigenvalue weighted by molar-refractivity contribution is 9.10. The Bertz CT molecular complexity index is 536. The van der Waals surface area contributed by atoms with E-state index >= 15 is 0 Å². The SMILES string of the molecule is CN(Cc1ccccc1Br)C(=O)CCNC(=O)C1CCCN1.Cl. The van der Waals surface area contributed by atoms with Crippen molar-refractivity contribution in [2.75, 3.05) is 20.1 Å². The molecule has 1 aromatic rings. The van der Waals surface area contributed by atoms with Gasteiger partial charge in [0.2, 0.25) is 11.8 Å². The van der Waals surface area contributed by atoms with Gasteiger partial charge in [0.05, 0.1) is 6.04 Å². The second-order valence-corrected chi connectivity index (χ2v) is 6.39. The molecule has 1 aromatic carbocycles. The largest absolute Gasteiger partial charge is 0.354 e. The second-order valence-electron chi connectivity index (χ2n) is 5.53. The fraction of sp³-hybridized carbons (Fsp3) is 0.500. The van der Waals surface area contributed by atoms with Crippen molar-refractivity contribution in [3.63, 3.8) is 0 Å². The van der Waals surface area contributed by atoms with Crippen molar-refractivity contribution in [2.45, 2.75) is 31.8 Å². The Labute approximate surface area is 151 Å². The number of nitrogens with one attached hydrogen (secondary N) is 2. The molecule has 7 heteroatoms. The monoisotopic (exact) mass is 403 g/mol. The molecule has 2 N–H and O–H groups in total. The minimum absolute atomic E-state index is 0. The summed E-state index contributed by atoms with van der Waals surface area (Å²) in [5, 5.41) is 5.97. The van der Waals surface area contributed by atoms with Crippen LogP contribution in [0.4, 0.5) is 0 Å². The Morgan fingerprint density at radius 1 is 1.39 bits per heavy atom. The third-order valence-corrected chi connectivity index (χ3v) is 4.58. The zero-order valence-corrected chi connectivity index (χ0v) is 15.6. The summed E-state index contributed by atoms with van der Waals surface area (Å²) in [7, 11) is 1.78. The lowest BCUT2D eigenvalue weighted by Gasteiger charge is -2.18. The van der Waals surface area contributed by atoms with Crippen LogP contribution in [-0.4, -0.2) is 42.9 Å². The standard InChI is InChI=1S/C16H22BrN3O2.ClH/c1-20(11-12-5-2-3-6-13(12)17)15(21)8-10-19-16(22)14-7-4-9-18-14;/h2-3,5-6,14,18H,4,7-11H2,1H3,(H,19,22);1H. The van der Waals surface area contributed by atoms with Crippen LogP contribution >= 0.6 is 28.3 Å². The quantitative estimate of drug-likeness (QED) is 0.763. The predicted octanol–water partition coefficient (Wildman–Crippen LogP) is 2.09. The number of halogens is 2. The topological polar surface area (TPSA) is 61.4 Å². The summed E-state index contributed by atoms with van der Waals surface area (Å²) in [4.78, 5) is 25.6. The van der Waals surface area contributed by atoms with Gasteiger partial charge in [0, 0.05) is 31.0 Å². The third kappa shape index (κ3) is 6.12. The highest BCUT2D eigenvalue weighted by Crippen LogP contribution is 2.17. The summed E-state index contributed by atoms with van der Waals surface area (Å²) in [6.07, 6.45) is 2.23. The molecule has 0 bridgehead atoms. The minimum Gasteiger partial charge on any atom is -0.354 e. The van der Waals surface area contributed by atoms with E-state index in [0.717, 1.165) is 29.4 Å². The van der Waals surface area contributed by atoms with Gasteiger partial charge in [-0.2, -0.15) is 0 Å². The lowest BCUT2D eigenvalue weighted by molar-refractivity contribution is -0.130. The molecular weight excluding hydrogens is 382 g/mol. The zero-order chi connectivity index (χ0) is 15.9. The van der Waals surface area contributed by atoms with E-state index in [-0.39, 0.29) is 30.3 Å². The van der Waals surface area contributed by atoms with Gasteiger partial charge in [-0.05, 0) is 31.0 Å². The van der Waals surface area contributed by atoms with Crippen LogP contribution in [-0.2, 0) is 16.1 Å². The lowest BCUT2D eigenvalue weighted by Crippen LogP contribution is -2.41. The van der Waals surface area contributed by atoms with E-state index in [9.17, 15) is 9.59 Å². The van der Waals surface area contributed by atoms with Crippen molar-refractivity contribution >= 4 is 40.2 Å². The molecule has 1 heterocycles. The van der Waals surface area contributed by atoms with E-state index in [1.54, 1.807) is 11.9 Å². The van der Waals surface area contributed by atoms with E-state index < -0.39 is 0 Å². The third-order valence-electron chi connectivity index (χ3n) is 3.81. The van der Waals surface area contributed by atoms with E-state index in [0.29, 0.717) is 19.5 Å². The Kier molecular flexibility index (Phi) is 8.58. The molecule has 128 valence electrons. The van der Waals surface area contributed by atoms with Crippen molar-refractivity contribution in [1.29, 1.82) is 0 Å². The van der Waals surface area contributed by atoms with Crippen LogP contribution in [0.1, 0.15) is 24.8 Å². The van der Waals surface area contributed by atoms with Crippen LogP contribution in [0.2, 0.25) is 0 Å². The van der Waals surface area contributed by atoms with Crippen molar-refractivity contribution in [2.24, 2.45) is 0 Å². The normalized spacial score (nSPS) is 16.5. The molecule has 1 fully saturated rings. The van der Waals surface area contributed by atoms with Crippen molar-refractivity contribution in [3.8, 4) is 0 Å². The maximum atomic E-state index is 12.1. The summed E-state index contributed by atoms with van der Waals surface area (Å²) in [5.41, 5.74) is 1.07. The van der Waals surface area contributed by atoms with Crippen LogP contribution in [0.3, 0.4) is 0 Å². The summed E-state index contributed by atoms with van der Waals surface area (Å²) in [6.45, 7) is 1.83. The number of amides is 2. The number of rotatable bonds is 6. The first-order chi connectivity index (χ1) is 10.6. The van der Waals surface area contributed by atoms with Gasteiger partial charge in [-0.15, -0.1) is 12.4 Å². The number of hydrogen-bond acceptors (Lipinski definition) is 3. The van der Waals surface area contributed by atoms with Gasteiger partial charge < -0.3 is 15.5 Å². The van der Waals surface area contributed by atoms with Crippen LogP contribution in [0, 0.1) is 0 Å². The fourth-order valence-corrected chi connectivity index (χ4v) is 2.90. The predicted molar refractivity (Wildman–Crippen MR) is 96.5 cm³/mol. The summed E-state index contributed by atoms with van der Waals surface area (Å²) in [5.74, 6) is 0.0224. The molecule has 1 aliphatic heterocycles. The van der Waals surface area contributed by atoms with Crippen molar-refractivity contribution in [1.82, 2.24) is 15.5 Å². The summed E-state index contributed by atoms with van der Waals surface area (Å²) >= 11 is 3.48. The molecule has 0 aliphatic carbocycles. The van der Waals surface area contributed by atoms with Crippen molar-refractivity contribution in [3.05, 3.63) is 34.3 Å². The highest BCUT2D eigenvalue weighted by atomic mass is 79.9. The van der Waals surface area contributed by atoms with E-state index in [4.69, 9.17) is 0 Å². The average Bonchev–Trinajstić information content (AvgIpc) is 3.03. The number of hydrogen-bond donors (Lipinski definition) is 2. The van der Waals surface area contributed by atoms with Gasteiger partial charge in [0.1, 0.15) is 0 Å². The summed E-state index contributed by atoms with van der Waals surface area (Å²) in [6, 6.07) is 7.76. The first kappa shape index (κ1) is 19.9. The zero-order valence-electron chi connectivity index (χ0n) is 13.2. The Hall–Kier alpha value is -1.11. The average molecular weight is 405 g/mol. The van der Waals surface area contributed by atoms with Crippen LogP contribution in [0.5, 0.6) is 0 Å². The van der Waals surface area contributed by atoms with E-state index in [2.05, 4.69) is 26.6 Å². The van der Waals surface area contributed by atoms with Crippen LogP contribution in [0.25, 0.3) is 0 Å².